The van der Waals surface area contributed by atoms with E-state index in [9.17, 15) is 4.79 Å². The van der Waals surface area contributed by atoms with Crippen LogP contribution in [0.3, 0.4) is 0 Å². The molecule has 0 bridgehead atoms. The second kappa shape index (κ2) is 8.29. The molecule has 1 rings (SSSR count). The molecule has 3 nitrogen and oxygen atoms in total. The van der Waals surface area contributed by atoms with Gasteiger partial charge in [-0.2, -0.15) is 0 Å². The predicted molar refractivity (Wildman–Crippen MR) is 82.3 cm³/mol. The molecule has 0 radical (unpaired) electrons. The maximum absolute atomic E-state index is 11.3. The van der Waals surface area contributed by atoms with Crippen molar-refractivity contribution in [3.63, 3.8) is 0 Å². The van der Waals surface area contributed by atoms with E-state index in [4.69, 9.17) is 10.5 Å². The molecule has 0 saturated heterocycles. The lowest BCUT2D eigenvalue weighted by Gasteiger charge is -2.12. The number of hydrogen-bond donors (Lipinski definition) is 1. The lowest BCUT2D eigenvalue weighted by molar-refractivity contribution is -0.143. The van der Waals surface area contributed by atoms with Gasteiger partial charge in [0, 0.05) is 14.1 Å². The molecule has 0 saturated carbocycles. The number of benzene rings is 1. The van der Waals surface area contributed by atoms with E-state index < -0.39 is 0 Å². The molecule has 1 aromatic carbocycles. The molecule has 0 aliphatic carbocycles. The van der Waals surface area contributed by atoms with Crippen LogP contribution in [0.1, 0.15) is 24.9 Å². The Morgan fingerprint density at radius 2 is 2.18 bits per heavy atom. The molecule has 0 aromatic heterocycles. The van der Waals surface area contributed by atoms with Gasteiger partial charge in [-0.15, -0.1) is 12.4 Å². The highest BCUT2D eigenvalue weighted by Crippen LogP contribution is 2.22. The normalized spacial score (nSPS) is 11.5. The quantitative estimate of drug-likeness (QED) is 0.584. The second-order valence-corrected chi connectivity index (χ2v) is 5.48. The molecule has 17 heavy (non-hydrogen) atoms. The summed E-state index contributed by atoms with van der Waals surface area (Å²) in [6.07, 6.45) is 0.209. The molecule has 1 atom stereocenters. The average Bonchev–Trinajstić information content (AvgIpc) is 2.16. The predicted octanol–water partition coefficient (Wildman–Crippen LogP) is 3.43. The Labute approximate surface area is 129 Å². The van der Waals surface area contributed by atoms with Gasteiger partial charge in [0.15, 0.2) is 0 Å². The summed E-state index contributed by atoms with van der Waals surface area (Å²) in [7, 11) is 0. The van der Waals surface area contributed by atoms with Gasteiger partial charge in [0.05, 0.1) is 13.0 Å². The maximum atomic E-state index is 11.3. The first-order valence-corrected chi connectivity index (χ1v) is 6.77. The Morgan fingerprint density at radius 3 is 2.71 bits per heavy atom. The summed E-state index contributed by atoms with van der Waals surface area (Å²) in [5, 5.41) is 0. The molecule has 0 spiro atoms. The van der Waals surface area contributed by atoms with E-state index in [0.717, 1.165) is 13.6 Å². The standard InChI is InChI=1S/C11H13BrINO2.ClH/c1-2-16-11(15)6-10(14)7-3-8(12)5-9(13)4-7;/h3-5,10H,2,6,14H2,1H3;1H/t10-;/m1./s1. The van der Waals surface area contributed by atoms with Crippen molar-refractivity contribution in [1.82, 2.24) is 0 Å². The minimum Gasteiger partial charge on any atom is -0.466 e. The molecule has 6 heteroatoms. The van der Waals surface area contributed by atoms with E-state index in [1.54, 1.807) is 6.92 Å². The number of carbonyl (C=O) groups excluding carboxylic acids is 1. The zero-order valence-electron chi connectivity index (χ0n) is 9.28. The van der Waals surface area contributed by atoms with Crippen LogP contribution in [0.4, 0.5) is 0 Å². The Kier molecular flexibility index (Phi) is 8.36. The Bertz CT molecular complexity index is 369. The monoisotopic (exact) mass is 433 g/mol. The summed E-state index contributed by atoms with van der Waals surface area (Å²) in [4.78, 5) is 11.3. The van der Waals surface area contributed by atoms with Crippen LogP contribution in [-0.4, -0.2) is 12.6 Å². The van der Waals surface area contributed by atoms with Crippen molar-refractivity contribution in [3.8, 4) is 0 Å². The minimum absolute atomic E-state index is 0. The van der Waals surface area contributed by atoms with Gasteiger partial charge in [-0.3, -0.25) is 4.79 Å². The van der Waals surface area contributed by atoms with Crippen molar-refractivity contribution in [2.45, 2.75) is 19.4 Å². The zero-order valence-corrected chi connectivity index (χ0v) is 13.8. The van der Waals surface area contributed by atoms with Crippen molar-refractivity contribution >= 4 is 56.9 Å². The van der Waals surface area contributed by atoms with Crippen LogP contribution >= 0.6 is 50.9 Å². The number of nitrogens with two attached hydrogens (primary N) is 1. The number of halogens is 3. The summed E-state index contributed by atoms with van der Waals surface area (Å²) in [6.45, 7) is 2.17. The molecule has 0 amide bonds. The third kappa shape index (κ3) is 6.03. The van der Waals surface area contributed by atoms with E-state index in [-0.39, 0.29) is 30.8 Å². The summed E-state index contributed by atoms with van der Waals surface area (Å²) in [6, 6.07) is 5.56. The van der Waals surface area contributed by atoms with E-state index in [1.807, 2.05) is 18.2 Å². The molecule has 0 unspecified atom stereocenters. The first-order valence-electron chi connectivity index (χ1n) is 4.90. The lowest BCUT2D eigenvalue weighted by Crippen LogP contribution is -2.17. The molecule has 2 N–H and O–H groups in total. The van der Waals surface area contributed by atoms with E-state index in [0.29, 0.717) is 6.61 Å². The minimum atomic E-state index is -0.315. The topological polar surface area (TPSA) is 52.3 Å². The van der Waals surface area contributed by atoms with Crippen LogP contribution in [0.25, 0.3) is 0 Å². The third-order valence-electron chi connectivity index (χ3n) is 2.00. The second-order valence-electron chi connectivity index (χ2n) is 3.32. The highest BCUT2D eigenvalue weighted by Gasteiger charge is 2.13. The fourth-order valence-corrected chi connectivity index (χ4v) is 2.94. The molecule has 96 valence electrons. The van der Waals surface area contributed by atoms with E-state index in [2.05, 4.69) is 38.5 Å². The van der Waals surface area contributed by atoms with Crippen molar-refractivity contribution in [2.75, 3.05) is 6.61 Å². The Hall–Kier alpha value is 0.150. The molecule has 0 fully saturated rings. The van der Waals surface area contributed by atoms with Crippen LogP contribution in [0.15, 0.2) is 22.7 Å². The van der Waals surface area contributed by atoms with Crippen molar-refractivity contribution in [1.29, 1.82) is 0 Å². The van der Waals surface area contributed by atoms with Gasteiger partial charge < -0.3 is 10.5 Å². The number of hydrogen-bond acceptors (Lipinski definition) is 3. The first-order chi connectivity index (χ1) is 7.52. The fourth-order valence-electron chi connectivity index (χ4n) is 1.31. The zero-order chi connectivity index (χ0) is 12.1. The average molecular weight is 434 g/mol. The number of carbonyl (C=O) groups is 1. The van der Waals surface area contributed by atoms with Crippen molar-refractivity contribution in [3.05, 3.63) is 31.8 Å². The van der Waals surface area contributed by atoms with Crippen molar-refractivity contribution < 1.29 is 9.53 Å². The summed E-state index contributed by atoms with van der Waals surface area (Å²) < 4.78 is 6.91. The Balaban J connectivity index is 0.00000256. The highest BCUT2D eigenvalue weighted by atomic mass is 127. The van der Waals surface area contributed by atoms with Crippen LogP contribution in [0.5, 0.6) is 0 Å². The van der Waals surface area contributed by atoms with Gasteiger partial charge in [-0.05, 0) is 53.3 Å². The van der Waals surface area contributed by atoms with Gasteiger partial charge in [-0.1, -0.05) is 15.9 Å². The molecule has 0 aliphatic rings. The number of rotatable bonds is 4. The van der Waals surface area contributed by atoms with Gasteiger partial charge in [0.25, 0.3) is 0 Å². The fraction of sp³-hybridized carbons (Fsp3) is 0.364. The van der Waals surface area contributed by atoms with E-state index in [1.165, 1.54) is 0 Å². The first kappa shape index (κ1) is 17.2. The van der Waals surface area contributed by atoms with E-state index >= 15 is 0 Å². The molecular formula is C11H14BrClINO2. The van der Waals surface area contributed by atoms with Gasteiger partial charge >= 0.3 is 5.97 Å². The third-order valence-corrected chi connectivity index (χ3v) is 3.09. The van der Waals surface area contributed by atoms with Gasteiger partial charge in [0.1, 0.15) is 0 Å². The highest BCUT2D eigenvalue weighted by molar-refractivity contribution is 14.1. The molecular weight excluding hydrogens is 420 g/mol. The largest absolute Gasteiger partial charge is 0.466 e. The van der Waals surface area contributed by atoms with Crippen LogP contribution in [0, 0.1) is 3.57 Å². The maximum Gasteiger partial charge on any atom is 0.307 e. The number of esters is 1. The number of ether oxygens (including phenoxy) is 1. The Morgan fingerprint density at radius 1 is 1.53 bits per heavy atom. The van der Waals surface area contributed by atoms with Crippen molar-refractivity contribution in [2.24, 2.45) is 5.73 Å². The molecule has 1 aromatic rings. The van der Waals surface area contributed by atoms with Gasteiger partial charge in [0.2, 0.25) is 0 Å². The van der Waals surface area contributed by atoms with Gasteiger partial charge in [-0.25, -0.2) is 0 Å². The van der Waals surface area contributed by atoms with Crippen LogP contribution in [0.2, 0.25) is 0 Å². The summed E-state index contributed by atoms with van der Waals surface area (Å²) in [5.41, 5.74) is 6.88. The SMILES string of the molecule is CCOC(=O)C[C@@H](N)c1cc(Br)cc(I)c1.Cl. The smallest absolute Gasteiger partial charge is 0.307 e. The summed E-state index contributed by atoms with van der Waals surface area (Å²) in [5.74, 6) is -0.259. The molecule has 0 aliphatic heterocycles. The molecule has 0 heterocycles. The lowest BCUT2D eigenvalue weighted by atomic mass is 10.1. The van der Waals surface area contributed by atoms with Crippen LogP contribution in [-0.2, 0) is 9.53 Å². The summed E-state index contributed by atoms with van der Waals surface area (Å²) >= 11 is 5.61. The van der Waals surface area contributed by atoms with Crippen LogP contribution < -0.4 is 5.73 Å².